The van der Waals surface area contributed by atoms with Gasteiger partial charge in [-0.1, -0.05) is 6.92 Å². The highest BCUT2D eigenvalue weighted by Crippen LogP contribution is 2.38. The number of aromatic nitrogens is 3. The van der Waals surface area contributed by atoms with Gasteiger partial charge >= 0.3 is 0 Å². The van der Waals surface area contributed by atoms with E-state index in [0.29, 0.717) is 59.2 Å². The molecule has 2 aliphatic carbocycles. The normalized spacial score (nSPS) is 23.8. The van der Waals surface area contributed by atoms with Crippen molar-refractivity contribution in [2.75, 3.05) is 30.4 Å². The van der Waals surface area contributed by atoms with Crippen LogP contribution >= 0.6 is 0 Å². The lowest BCUT2D eigenvalue weighted by Gasteiger charge is -2.21. The first-order chi connectivity index (χ1) is 17.4. The summed E-state index contributed by atoms with van der Waals surface area (Å²) in [7, 11) is 0. The molecule has 0 saturated heterocycles. The summed E-state index contributed by atoms with van der Waals surface area (Å²) in [5.74, 6) is 2.38. The maximum Gasteiger partial charge on any atom is 0.224 e. The minimum Gasteiger partial charge on any atom is -0.478 e. The molecule has 2 aliphatic rings. The molecule has 3 aromatic heterocycles. The van der Waals surface area contributed by atoms with Gasteiger partial charge in [-0.05, 0) is 51.5 Å². The maximum atomic E-state index is 10.6. The van der Waals surface area contributed by atoms with Crippen LogP contribution in [0.25, 0.3) is 22.3 Å². The van der Waals surface area contributed by atoms with E-state index in [2.05, 4.69) is 20.6 Å². The maximum absolute atomic E-state index is 10.6. The van der Waals surface area contributed by atoms with Gasteiger partial charge < -0.3 is 35.1 Å². The third-order valence-corrected chi connectivity index (χ3v) is 7.04. The minimum absolute atomic E-state index is 0.196. The van der Waals surface area contributed by atoms with Gasteiger partial charge in [0.05, 0.1) is 35.7 Å². The first kappa shape index (κ1) is 24.7. The van der Waals surface area contributed by atoms with Crippen molar-refractivity contribution < 1.29 is 24.5 Å². The van der Waals surface area contributed by atoms with Crippen LogP contribution in [0.3, 0.4) is 0 Å². The number of nitrogens with one attached hydrogen (secondary N) is 2. The van der Waals surface area contributed by atoms with Crippen LogP contribution in [0, 0.1) is 25.7 Å². The average Bonchev–Trinajstić information content (AvgIpc) is 3.53. The molecule has 3 heterocycles. The Balaban J connectivity index is 1.53. The topological polar surface area (TPSA) is 146 Å². The lowest BCUT2D eigenvalue weighted by atomic mass is 10.1. The second kappa shape index (κ2) is 10.2. The molecule has 36 heavy (non-hydrogen) atoms. The van der Waals surface area contributed by atoms with Crippen molar-refractivity contribution in [1.82, 2.24) is 15.0 Å². The molecule has 0 amide bonds. The van der Waals surface area contributed by atoms with E-state index >= 15 is 0 Å². The van der Waals surface area contributed by atoms with Crippen molar-refractivity contribution in [3.05, 3.63) is 23.5 Å². The van der Waals surface area contributed by atoms with Crippen LogP contribution in [0.15, 0.2) is 16.5 Å². The number of aryl methyl sites for hydroxylation is 2. The molecule has 0 spiro atoms. The van der Waals surface area contributed by atoms with Crippen LogP contribution in [0.5, 0.6) is 5.88 Å². The molecule has 0 aromatic carbocycles. The molecule has 2 saturated carbocycles. The SMILES string of the molecule is CCCOc1cc2cc(-c3c(C)nc(NCC4CC4)nc3N[C@@H]3C[C@H](CO)[C@@H](O)[C@H]3O)oc2c(C)n1. The predicted molar refractivity (Wildman–Crippen MR) is 136 cm³/mol. The number of nitrogens with zero attached hydrogens (tertiary/aromatic N) is 3. The van der Waals surface area contributed by atoms with Gasteiger partial charge in [0.2, 0.25) is 11.8 Å². The second-order valence-electron chi connectivity index (χ2n) is 10.0. The molecule has 5 N–H and O–H groups in total. The summed E-state index contributed by atoms with van der Waals surface area (Å²) < 4.78 is 12.0. The van der Waals surface area contributed by atoms with Crippen molar-refractivity contribution in [3.8, 4) is 17.2 Å². The zero-order chi connectivity index (χ0) is 25.4. The van der Waals surface area contributed by atoms with E-state index in [1.54, 1.807) is 0 Å². The smallest absolute Gasteiger partial charge is 0.224 e. The van der Waals surface area contributed by atoms with E-state index < -0.39 is 24.2 Å². The first-order valence-electron chi connectivity index (χ1n) is 12.8. The largest absolute Gasteiger partial charge is 0.478 e. The zero-order valence-electron chi connectivity index (χ0n) is 21.0. The number of hydrogen-bond acceptors (Lipinski definition) is 10. The summed E-state index contributed by atoms with van der Waals surface area (Å²) >= 11 is 0. The molecule has 10 heteroatoms. The Morgan fingerprint density at radius 3 is 2.58 bits per heavy atom. The van der Waals surface area contributed by atoms with Crippen LogP contribution in [-0.4, -0.2) is 68.3 Å². The molecule has 0 bridgehead atoms. The Morgan fingerprint density at radius 1 is 1.08 bits per heavy atom. The monoisotopic (exact) mass is 497 g/mol. The van der Waals surface area contributed by atoms with Gasteiger partial charge in [-0.15, -0.1) is 0 Å². The second-order valence-corrected chi connectivity index (χ2v) is 10.0. The Bertz CT molecular complexity index is 1230. The number of pyridine rings is 1. The van der Waals surface area contributed by atoms with Crippen LogP contribution in [-0.2, 0) is 0 Å². The molecule has 10 nitrogen and oxygen atoms in total. The molecule has 5 rings (SSSR count). The highest BCUT2D eigenvalue weighted by Gasteiger charge is 2.41. The molecule has 194 valence electrons. The molecular formula is C26H35N5O5. The van der Waals surface area contributed by atoms with Crippen molar-refractivity contribution in [1.29, 1.82) is 0 Å². The van der Waals surface area contributed by atoms with Gasteiger partial charge in [0.1, 0.15) is 17.7 Å². The Labute approximate surface area is 210 Å². The van der Waals surface area contributed by atoms with Gasteiger partial charge in [0, 0.05) is 30.5 Å². The van der Waals surface area contributed by atoms with Crippen molar-refractivity contribution in [2.45, 2.75) is 64.7 Å². The van der Waals surface area contributed by atoms with Gasteiger partial charge in [-0.25, -0.2) is 9.97 Å². The number of aliphatic hydroxyl groups is 3. The number of anilines is 2. The summed E-state index contributed by atoms with van der Waals surface area (Å²) in [5, 5.41) is 38.1. The molecular weight excluding hydrogens is 462 g/mol. The predicted octanol–water partition coefficient (Wildman–Crippen LogP) is 3.03. The summed E-state index contributed by atoms with van der Waals surface area (Å²) in [6.07, 6.45) is 1.68. The standard InChI is InChI=1S/C26H35N5O5/c1-4-7-35-20-10-16-9-19(36-24(16)14(3)28-20)21-13(2)29-26(27-11-15-5-6-15)31-25(21)30-18-8-17(12-32)22(33)23(18)34/h9-10,15,17-18,22-23,32-34H,4-8,11-12H2,1-3H3,(H2,27,29,30,31)/t17-,18-,22-,23+/m1/s1. The van der Waals surface area contributed by atoms with E-state index in [-0.39, 0.29) is 6.61 Å². The first-order valence-corrected chi connectivity index (χ1v) is 12.8. The van der Waals surface area contributed by atoms with Crippen LogP contribution in [0.4, 0.5) is 11.8 Å². The Morgan fingerprint density at radius 2 is 1.89 bits per heavy atom. The molecule has 0 unspecified atom stereocenters. The summed E-state index contributed by atoms with van der Waals surface area (Å²) in [4.78, 5) is 13.9. The molecule has 0 aliphatic heterocycles. The van der Waals surface area contributed by atoms with Gasteiger partial charge in [0.25, 0.3) is 0 Å². The van der Waals surface area contributed by atoms with E-state index in [4.69, 9.17) is 14.1 Å². The van der Waals surface area contributed by atoms with E-state index in [0.717, 1.165) is 24.0 Å². The van der Waals surface area contributed by atoms with Gasteiger partial charge in [0.15, 0.2) is 5.58 Å². The summed E-state index contributed by atoms with van der Waals surface area (Å²) in [6, 6.07) is 3.30. The lowest BCUT2D eigenvalue weighted by Crippen LogP contribution is -2.35. The zero-order valence-corrected chi connectivity index (χ0v) is 21.0. The highest BCUT2D eigenvalue weighted by atomic mass is 16.5. The minimum atomic E-state index is -1.03. The number of fused-ring (bicyclic) bond motifs is 1. The van der Waals surface area contributed by atoms with Crippen molar-refractivity contribution in [3.63, 3.8) is 0 Å². The summed E-state index contributed by atoms with van der Waals surface area (Å²) in [6.45, 7) is 7.03. The highest BCUT2D eigenvalue weighted by molar-refractivity contribution is 5.88. The van der Waals surface area contributed by atoms with Gasteiger partial charge in [-0.3, -0.25) is 0 Å². The molecule has 2 fully saturated rings. The number of ether oxygens (including phenoxy) is 1. The molecule has 4 atom stereocenters. The van der Waals surface area contributed by atoms with Crippen LogP contribution < -0.4 is 15.4 Å². The number of rotatable bonds is 10. The van der Waals surface area contributed by atoms with Crippen LogP contribution in [0.1, 0.15) is 44.0 Å². The van der Waals surface area contributed by atoms with Crippen LogP contribution in [0.2, 0.25) is 0 Å². The Hall–Kier alpha value is -2.95. The fourth-order valence-corrected chi connectivity index (χ4v) is 4.81. The van der Waals surface area contributed by atoms with E-state index in [9.17, 15) is 15.3 Å². The fourth-order valence-electron chi connectivity index (χ4n) is 4.81. The number of hydrogen-bond donors (Lipinski definition) is 5. The van der Waals surface area contributed by atoms with Crippen molar-refractivity contribution in [2.24, 2.45) is 11.8 Å². The third-order valence-electron chi connectivity index (χ3n) is 7.04. The van der Waals surface area contributed by atoms with Gasteiger partial charge in [-0.2, -0.15) is 4.98 Å². The lowest BCUT2D eigenvalue weighted by molar-refractivity contribution is 0.00446. The van der Waals surface area contributed by atoms with E-state index in [1.165, 1.54) is 12.8 Å². The summed E-state index contributed by atoms with van der Waals surface area (Å²) in [5.41, 5.74) is 2.77. The molecule has 3 aromatic rings. The third kappa shape index (κ3) is 4.98. The number of furan rings is 1. The Kier molecular flexibility index (Phi) is 7.00. The van der Waals surface area contributed by atoms with E-state index in [1.807, 2.05) is 32.9 Å². The number of aliphatic hydroxyl groups excluding tert-OH is 3. The fraction of sp³-hybridized carbons (Fsp3) is 0.577. The van der Waals surface area contributed by atoms with Crippen molar-refractivity contribution >= 4 is 22.7 Å². The average molecular weight is 498 g/mol. The molecule has 0 radical (unpaired) electrons. The quantitative estimate of drug-likeness (QED) is 0.283.